The number of hydrogen-bond acceptors (Lipinski definition) is 5. The molecule has 0 bridgehead atoms. The number of ether oxygens (including phenoxy) is 1. The van der Waals surface area contributed by atoms with E-state index in [0.717, 1.165) is 13.1 Å². The Labute approximate surface area is 120 Å². The number of nitrogens with one attached hydrogen (secondary N) is 2. The van der Waals surface area contributed by atoms with Crippen molar-refractivity contribution in [2.75, 3.05) is 33.4 Å². The Morgan fingerprint density at radius 2 is 2.25 bits per heavy atom. The predicted molar refractivity (Wildman–Crippen MR) is 77.0 cm³/mol. The first-order chi connectivity index (χ1) is 9.49. The highest BCUT2D eigenvalue weighted by Gasteiger charge is 2.17. The summed E-state index contributed by atoms with van der Waals surface area (Å²) in [5.74, 6) is 0.124. The standard InChI is InChI=1S/C12H24N4O3S/c1-4-13-5-6-16-9-12(8-14-16)20(17,18)15-7-11(2)10-19-3/h8-9,11,13,15H,4-7,10H2,1-3H3. The molecule has 1 aromatic heterocycles. The van der Waals surface area contributed by atoms with E-state index in [1.54, 1.807) is 18.0 Å². The molecule has 0 fully saturated rings. The van der Waals surface area contributed by atoms with Gasteiger partial charge in [-0.1, -0.05) is 13.8 Å². The number of nitrogens with zero attached hydrogens (tertiary/aromatic N) is 2. The summed E-state index contributed by atoms with van der Waals surface area (Å²) in [6.45, 7) is 7.09. The number of methoxy groups -OCH3 is 1. The minimum absolute atomic E-state index is 0.124. The Bertz CT molecular complexity index is 487. The van der Waals surface area contributed by atoms with E-state index >= 15 is 0 Å². The molecule has 0 saturated carbocycles. The first-order valence-corrected chi connectivity index (χ1v) is 8.19. The molecular formula is C12H24N4O3S. The zero-order valence-corrected chi connectivity index (χ0v) is 13.1. The number of likely N-dealkylation sites (N-methyl/N-ethyl adjacent to an activating group) is 1. The van der Waals surface area contributed by atoms with Gasteiger partial charge in [0.2, 0.25) is 10.0 Å². The van der Waals surface area contributed by atoms with E-state index in [4.69, 9.17) is 4.74 Å². The van der Waals surface area contributed by atoms with Crippen LogP contribution in [0.5, 0.6) is 0 Å². The number of aromatic nitrogens is 2. The van der Waals surface area contributed by atoms with Gasteiger partial charge in [0.05, 0.1) is 12.7 Å². The summed E-state index contributed by atoms with van der Waals surface area (Å²) in [6.07, 6.45) is 2.91. The van der Waals surface area contributed by atoms with Gasteiger partial charge in [-0.05, 0) is 12.5 Å². The first-order valence-electron chi connectivity index (χ1n) is 6.71. The van der Waals surface area contributed by atoms with E-state index in [9.17, 15) is 8.42 Å². The van der Waals surface area contributed by atoms with Crippen molar-refractivity contribution >= 4 is 10.0 Å². The molecule has 1 rings (SSSR count). The van der Waals surface area contributed by atoms with Gasteiger partial charge in [-0.2, -0.15) is 5.10 Å². The van der Waals surface area contributed by atoms with Gasteiger partial charge >= 0.3 is 0 Å². The number of sulfonamides is 1. The van der Waals surface area contributed by atoms with E-state index in [-0.39, 0.29) is 10.8 Å². The first kappa shape index (κ1) is 17.1. The molecule has 116 valence electrons. The Balaban J connectivity index is 2.54. The van der Waals surface area contributed by atoms with Gasteiger partial charge in [-0.15, -0.1) is 0 Å². The highest BCUT2D eigenvalue weighted by atomic mass is 32.2. The average molecular weight is 304 g/mol. The minimum atomic E-state index is -3.49. The highest BCUT2D eigenvalue weighted by molar-refractivity contribution is 7.89. The second-order valence-electron chi connectivity index (χ2n) is 4.71. The lowest BCUT2D eigenvalue weighted by atomic mass is 10.2. The molecule has 0 amide bonds. The molecule has 1 aromatic rings. The van der Waals surface area contributed by atoms with Crippen molar-refractivity contribution in [3.63, 3.8) is 0 Å². The van der Waals surface area contributed by atoms with Crippen molar-refractivity contribution in [3.05, 3.63) is 12.4 Å². The highest BCUT2D eigenvalue weighted by Crippen LogP contribution is 2.07. The van der Waals surface area contributed by atoms with Crippen LogP contribution in [-0.4, -0.2) is 51.5 Å². The molecule has 8 heteroatoms. The predicted octanol–water partition coefficient (Wildman–Crippen LogP) is 0.0534. The largest absolute Gasteiger partial charge is 0.384 e. The van der Waals surface area contributed by atoms with Gasteiger partial charge in [-0.25, -0.2) is 13.1 Å². The van der Waals surface area contributed by atoms with Gasteiger partial charge in [0.25, 0.3) is 0 Å². The van der Waals surface area contributed by atoms with Crippen LogP contribution in [0.3, 0.4) is 0 Å². The normalized spacial score (nSPS) is 13.6. The Morgan fingerprint density at radius 1 is 1.50 bits per heavy atom. The molecule has 1 atom stereocenters. The third-order valence-electron chi connectivity index (χ3n) is 2.76. The Kier molecular flexibility index (Phi) is 7.14. The second-order valence-corrected chi connectivity index (χ2v) is 6.47. The van der Waals surface area contributed by atoms with E-state index < -0.39 is 10.0 Å². The third kappa shape index (κ3) is 5.58. The molecule has 0 aliphatic carbocycles. The molecule has 0 aromatic carbocycles. The summed E-state index contributed by atoms with van der Waals surface area (Å²) in [5.41, 5.74) is 0. The van der Waals surface area contributed by atoms with Crippen LogP contribution < -0.4 is 10.0 Å². The molecule has 0 spiro atoms. The second kappa shape index (κ2) is 8.35. The molecular weight excluding hydrogens is 280 g/mol. The summed E-state index contributed by atoms with van der Waals surface area (Å²) in [4.78, 5) is 0.193. The molecule has 20 heavy (non-hydrogen) atoms. The molecule has 0 aliphatic rings. The maximum atomic E-state index is 12.1. The van der Waals surface area contributed by atoms with Crippen molar-refractivity contribution in [1.29, 1.82) is 0 Å². The molecule has 1 unspecified atom stereocenters. The van der Waals surface area contributed by atoms with Gasteiger partial charge < -0.3 is 10.1 Å². The van der Waals surface area contributed by atoms with Crippen molar-refractivity contribution < 1.29 is 13.2 Å². The van der Waals surface area contributed by atoms with Gasteiger partial charge in [0.1, 0.15) is 4.90 Å². The quantitative estimate of drug-likeness (QED) is 0.597. The summed E-state index contributed by atoms with van der Waals surface area (Å²) >= 11 is 0. The lowest BCUT2D eigenvalue weighted by Gasteiger charge is -2.10. The van der Waals surface area contributed by atoms with Crippen LogP contribution >= 0.6 is 0 Å². The average Bonchev–Trinajstić information content (AvgIpc) is 2.87. The fourth-order valence-corrected chi connectivity index (χ4v) is 2.77. The van der Waals surface area contributed by atoms with Gasteiger partial charge in [0.15, 0.2) is 0 Å². The minimum Gasteiger partial charge on any atom is -0.384 e. The maximum absolute atomic E-state index is 12.1. The Hall–Kier alpha value is -0.960. The van der Waals surface area contributed by atoms with Crippen molar-refractivity contribution in [1.82, 2.24) is 19.8 Å². The molecule has 0 aliphatic heterocycles. The lowest BCUT2D eigenvalue weighted by Crippen LogP contribution is -2.29. The van der Waals surface area contributed by atoms with E-state index in [2.05, 4.69) is 15.1 Å². The smallest absolute Gasteiger partial charge is 0.243 e. The van der Waals surface area contributed by atoms with Crippen molar-refractivity contribution in [2.24, 2.45) is 5.92 Å². The summed E-state index contributed by atoms with van der Waals surface area (Å²) < 4.78 is 33.3. The van der Waals surface area contributed by atoms with Crippen molar-refractivity contribution in [2.45, 2.75) is 25.3 Å². The zero-order valence-electron chi connectivity index (χ0n) is 12.3. The molecule has 7 nitrogen and oxygen atoms in total. The monoisotopic (exact) mass is 304 g/mol. The zero-order chi connectivity index (χ0) is 15.0. The van der Waals surface area contributed by atoms with Crippen LogP contribution in [0.1, 0.15) is 13.8 Å². The van der Waals surface area contributed by atoms with Gasteiger partial charge in [0, 0.05) is 33.0 Å². The fourth-order valence-electron chi connectivity index (χ4n) is 1.65. The Morgan fingerprint density at radius 3 is 2.90 bits per heavy atom. The third-order valence-corrected chi connectivity index (χ3v) is 4.14. The van der Waals surface area contributed by atoms with Crippen molar-refractivity contribution in [3.8, 4) is 0 Å². The number of hydrogen-bond donors (Lipinski definition) is 2. The molecule has 0 radical (unpaired) electrons. The maximum Gasteiger partial charge on any atom is 0.243 e. The van der Waals surface area contributed by atoms with Crippen LogP contribution in [0.2, 0.25) is 0 Å². The van der Waals surface area contributed by atoms with Crippen LogP contribution in [-0.2, 0) is 21.3 Å². The molecule has 2 N–H and O–H groups in total. The van der Waals surface area contributed by atoms with Crippen LogP contribution in [0, 0.1) is 5.92 Å². The topological polar surface area (TPSA) is 85.2 Å². The van der Waals surface area contributed by atoms with E-state index in [1.165, 1.54) is 6.20 Å². The van der Waals surface area contributed by atoms with Crippen LogP contribution in [0.4, 0.5) is 0 Å². The van der Waals surface area contributed by atoms with E-state index in [0.29, 0.717) is 19.7 Å². The van der Waals surface area contributed by atoms with Crippen LogP contribution in [0.15, 0.2) is 17.3 Å². The van der Waals surface area contributed by atoms with Gasteiger partial charge in [-0.3, -0.25) is 4.68 Å². The lowest BCUT2D eigenvalue weighted by molar-refractivity contribution is 0.161. The number of rotatable bonds is 10. The fraction of sp³-hybridized carbons (Fsp3) is 0.750. The van der Waals surface area contributed by atoms with Crippen LogP contribution in [0.25, 0.3) is 0 Å². The summed E-state index contributed by atoms with van der Waals surface area (Å²) in [6, 6.07) is 0. The summed E-state index contributed by atoms with van der Waals surface area (Å²) in [7, 11) is -1.90. The summed E-state index contributed by atoms with van der Waals surface area (Å²) in [5, 5.41) is 7.21. The van der Waals surface area contributed by atoms with E-state index in [1.807, 2.05) is 13.8 Å². The molecule has 0 saturated heterocycles. The molecule has 1 heterocycles. The SMILES string of the molecule is CCNCCn1cc(S(=O)(=O)NCC(C)COC)cn1.